The number of hydrogen-bond donors (Lipinski definition) is 3. The Bertz CT molecular complexity index is 560. The summed E-state index contributed by atoms with van der Waals surface area (Å²) in [6.45, 7) is 2.15. The maximum absolute atomic E-state index is 12.1. The summed E-state index contributed by atoms with van der Waals surface area (Å²) in [7, 11) is -3.66. The van der Waals surface area contributed by atoms with Gasteiger partial charge in [-0.2, -0.15) is 17.8 Å². The average Bonchev–Trinajstić information content (AvgIpc) is 2.74. The molecule has 0 aromatic carbocycles. The van der Waals surface area contributed by atoms with Gasteiger partial charge in [0, 0.05) is 18.7 Å². The number of H-pyrrole nitrogens is 1. The van der Waals surface area contributed by atoms with Crippen molar-refractivity contribution in [3.8, 4) is 0 Å². The third-order valence-electron chi connectivity index (χ3n) is 3.20. The fourth-order valence-corrected chi connectivity index (χ4v) is 3.27. The van der Waals surface area contributed by atoms with Gasteiger partial charge in [-0.05, 0) is 19.8 Å². The standard InChI is InChI=1S/C10H16N4O4S/c1-7-6-11-12-9(7)13-19(17,18)14-4-2-8(3-5-14)10(15)16/h6,8H,2-5H2,1H3,(H,15,16)(H2,11,12,13). The van der Waals surface area contributed by atoms with Gasteiger partial charge in [0.2, 0.25) is 0 Å². The van der Waals surface area contributed by atoms with Gasteiger partial charge in [0.1, 0.15) is 5.82 Å². The topological polar surface area (TPSA) is 115 Å². The third kappa shape index (κ3) is 3.04. The molecule has 1 aromatic rings. The highest BCUT2D eigenvalue weighted by Crippen LogP contribution is 2.21. The zero-order valence-corrected chi connectivity index (χ0v) is 11.3. The van der Waals surface area contributed by atoms with Crippen LogP contribution in [0.5, 0.6) is 0 Å². The predicted molar refractivity (Wildman–Crippen MR) is 67.8 cm³/mol. The summed E-state index contributed by atoms with van der Waals surface area (Å²) in [5.41, 5.74) is 0.698. The van der Waals surface area contributed by atoms with E-state index in [1.165, 1.54) is 10.5 Å². The molecule has 0 amide bonds. The summed E-state index contributed by atoms with van der Waals surface area (Å²) < 4.78 is 27.9. The number of carbonyl (C=O) groups is 1. The lowest BCUT2D eigenvalue weighted by atomic mass is 9.99. The van der Waals surface area contributed by atoms with Crippen molar-refractivity contribution in [2.24, 2.45) is 5.92 Å². The number of carboxylic acids is 1. The molecular formula is C10H16N4O4S. The first-order valence-corrected chi connectivity index (χ1v) is 7.35. The van der Waals surface area contributed by atoms with E-state index in [1.54, 1.807) is 6.92 Å². The van der Waals surface area contributed by atoms with Crippen molar-refractivity contribution in [1.29, 1.82) is 0 Å². The molecule has 1 aliphatic rings. The van der Waals surface area contributed by atoms with Crippen LogP contribution in [0.3, 0.4) is 0 Å². The van der Waals surface area contributed by atoms with Crippen LogP contribution in [0.15, 0.2) is 6.20 Å². The molecule has 106 valence electrons. The second kappa shape index (κ2) is 5.17. The molecule has 1 fully saturated rings. The molecule has 2 heterocycles. The highest BCUT2D eigenvalue weighted by molar-refractivity contribution is 7.90. The number of anilines is 1. The Hall–Kier alpha value is -1.61. The predicted octanol–water partition coefficient (Wildman–Crippen LogP) is 0.171. The molecule has 0 atom stereocenters. The lowest BCUT2D eigenvalue weighted by molar-refractivity contribution is -0.142. The van der Waals surface area contributed by atoms with Crippen molar-refractivity contribution in [1.82, 2.24) is 14.5 Å². The molecule has 0 spiro atoms. The largest absolute Gasteiger partial charge is 0.481 e. The van der Waals surface area contributed by atoms with Crippen LogP contribution in [0.2, 0.25) is 0 Å². The van der Waals surface area contributed by atoms with E-state index in [-0.39, 0.29) is 13.1 Å². The van der Waals surface area contributed by atoms with Gasteiger partial charge in [-0.3, -0.25) is 14.6 Å². The quantitative estimate of drug-likeness (QED) is 0.730. The summed E-state index contributed by atoms with van der Waals surface area (Å²) in [5.74, 6) is -0.991. The van der Waals surface area contributed by atoms with Crippen LogP contribution in [0.1, 0.15) is 18.4 Å². The number of aryl methyl sites for hydroxylation is 1. The zero-order valence-electron chi connectivity index (χ0n) is 10.5. The maximum atomic E-state index is 12.1. The molecule has 1 aromatic heterocycles. The van der Waals surface area contributed by atoms with Crippen molar-refractivity contribution in [2.75, 3.05) is 17.8 Å². The van der Waals surface area contributed by atoms with Gasteiger partial charge in [-0.1, -0.05) is 0 Å². The minimum atomic E-state index is -3.66. The zero-order chi connectivity index (χ0) is 14.0. The minimum Gasteiger partial charge on any atom is -0.481 e. The first-order valence-electron chi connectivity index (χ1n) is 5.91. The van der Waals surface area contributed by atoms with Crippen LogP contribution in [0.4, 0.5) is 5.82 Å². The monoisotopic (exact) mass is 288 g/mol. The minimum absolute atomic E-state index is 0.208. The number of nitrogens with zero attached hydrogens (tertiary/aromatic N) is 2. The summed E-state index contributed by atoms with van der Waals surface area (Å²) in [6.07, 6.45) is 2.19. The third-order valence-corrected chi connectivity index (χ3v) is 4.71. The Morgan fingerprint density at radius 2 is 2.16 bits per heavy atom. The number of rotatable bonds is 4. The second-order valence-corrected chi connectivity index (χ2v) is 6.22. The second-order valence-electron chi connectivity index (χ2n) is 4.55. The molecule has 9 heteroatoms. The lowest BCUT2D eigenvalue weighted by Gasteiger charge is -2.29. The van der Waals surface area contributed by atoms with Crippen LogP contribution in [0, 0.1) is 12.8 Å². The maximum Gasteiger partial charge on any atom is 0.306 e. The van der Waals surface area contributed by atoms with Crippen LogP contribution < -0.4 is 4.72 Å². The van der Waals surface area contributed by atoms with Gasteiger partial charge in [0.05, 0.1) is 12.1 Å². The van der Waals surface area contributed by atoms with E-state index >= 15 is 0 Å². The van der Waals surface area contributed by atoms with Crippen LogP contribution >= 0.6 is 0 Å². The SMILES string of the molecule is Cc1cn[nH]c1NS(=O)(=O)N1CCC(C(=O)O)CC1. The van der Waals surface area contributed by atoms with Crippen LogP contribution in [-0.2, 0) is 15.0 Å². The number of aliphatic carboxylic acids is 1. The van der Waals surface area contributed by atoms with E-state index in [0.29, 0.717) is 24.2 Å². The Morgan fingerprint density at radius 3 is 2.63 bits per heavy atom. The Labute approximate surface area is 111 Å². The van der Waals surface area contributed by atoms with Crippen LogP contribution in [-0.4, -0.2) is 47.1 Å². The average molecular weight is 288 g/mol. The van der Waals surface area contributed by atoms with Gasteiger partial charge < -0.3 is 5.11 Å². The van der Waals surface area contributed by atoms with Crippen molar-refractivity contribution >= 4 is 22.0 Å². The first kappa shape index (κ1) is 13.8. The van der Waals surface area contributed by atoms with Crippen molar-refractivity contribution in [3.63, 3.8) is 0 Å². The normalized spacial score (nSPS) is 18.4. The van der Waals surface area contributed by atoms with Gasteiger partial charge in [0.15, 0.2) is 0 Å². The first-order chi connectivity index (χ1) is 8.90. The Balaban J connectivity index is 2.02. The summed E-state index contributed by atoms with van der Waals surface area (Å²) in [6, 6.07) is 0. The van der Waals surface area contributed by atoms with Crippen LogP contribution in [0.25, 0.3) is 0 Å². The summed E-state index contributed by atoms with van der Waals surface area (Å²) in [4.78, 5) is 10.8. The van der Waals surface area contributed by atoms with E-state index in [2.05, 4.69) is 14.9 Å². The molecule has 0 radical (unpaired) electrons. The number of carboxylic acid groups (broad SMARTS) is 1. The van der Waals surface area contributed by atoms with Crippen molar-refractivity contribution < 1.29 is 18.3 Å². The van der Waals surface area contributed by atoms with E-state index in [9.17, 15) is 13.2 Å². The highest BCUT2D eigenvalue weighted by Gasteiger charge is 2.31. The van der Waals surface area contributed by atoms with E-state index < -0.39 is 22.1 Å². The number of piperidine rings is 1. The number of nitrogens with one attached hydrogen (secondary N) is 2. The molecule has 1 aliphatic heterocycles. The summed E-state index contributed by atoms with van der Waals surface area (Å²) in [5, 5.41) is 15.2. The smallest absolute Gasteiger partial charge is 0.306 e. The van der Waals surface area contributed by atoms with E-state index in [0.717, 1.165) is 0 Å². The fraction of sp³-hybridized carbons (Fsp3) is 0.600. The fourth-order valence-electron chi connectivity index (χ4n) is 1.99. The molecule has 0 unspecified atom stereocenters. The Kier molecular flexibility index (Phi) is 3.76. The highest BCUT2D eigenvalue weighted by atomic mass is 32.2. The Morgan fingerprint density at radius 1 is 1.53 bits per heavy atom. The van der Waals surface area contributed by atoms with Crippen molar-refractivity contribution in [3.05, 3.63) is 11.8 Å². The number of aromatic amines is 1. The molecule has 8 nitrogen and oxygen atoms in total. The molecular weight excluding hydrogens is 272 g/mol. The van der Waals surface area contributed by atoms with E-state index in [4.69, 9.17) is 5.11 Å². The van der Waals surface area contributed by atoms with E-state index in [1.807, 2.05) is 0 Å². The molecule has 0 saturated carbocycles. The number of hydrogen-bond acceptors (Lipinski definition) is 4. The molecule has 0 bridgehead atoms. The van der Waals surface area contributed by atoms with Gasteiger partial charge in [0.25, 0.3) is 0 Å². The van der Waals surface area contributed by atoms with Crippen molar-refractivity contribution in [2.45, 2.75) is 19.8 Å². The van der Waals surface area contributed by atoms with Gasteiger partial charge >= 0.3 is 16.2 Å². The van der Waals surface area contributed by atoms with Gasteiger partial charge in [-0.15, -0.1) is 0 Å². The molecule has 0 aliphatic carbocycles. The molecule has 3 N–H and O–H groups in total. The lowest BCUT2D eigenvalue weighted by Crippen LogP contribution is -2.43. The number of aromatic nitrogens is 2. The summed E-state index contributed by atoms with van der Waals surface area (Å²) >= 11 is 0. The molecule has 1 saturated heterocycles. The van der Waals surface area contributed by atoms with Gasteiger partial charge in [-0.25, -0.2) is 0 Å². The molecule has 19 heavy (non-hydrogen) atoms. The molecule has 2 rings (SSSR count).